The lowest BCUT2D eigenvalue weighted by atomic mass is 9.77. The fourth-order valence-corrected chi connectivity index (χ4v) is 5.97. The lowest BCUT2D eigenvalue weighted by Gasteiger charge is -2.39. The zero-order valence-electron chi connectivity index (χ0n) is 20.8. The van der Waals surface area contributed by atoms with Crippen LogP contribution in [0, 0.1) is 5.41 Å². The second-order valence-corrected chi connectivity index (χ2v) is 10.7. The minimum atomic E-state index is -0.697. The summed E-state index contributed by atoms with van der Waals surface area (Å²) in [7, 11) is 0. The Bertz CT molecular complexity index is 1110. The van der Waals surface area contributed by atoms with E-state index in [1.165, 1.54) is 18.3 Å². The highest BCUT2D eigenvalue weighted by atomic mass is 32.1. The molecule has 2 aliphatic heterocycles. The molecule has 1 spiro atoms. The van der Waals surface area contributed by atoms with Gasteiger partial charge in [0.15, 0.2) is 5.78 Å². The lowest BCUT2D eigenvalue weighted by Crippen LogP contribution is -2.50. The third-order valence-corrected chi connectivity index (χ3v) is 8.35. The minimum Gasteiger partial charge on any atom is -0.450 e. The van der Waals surface area contributed by atoms with Crippen LogP contribution < -0.4 is 5.32 Å². The number of hydrogen-bond acceptors (Lipinski definition) is 6. The van der Waals surface area contributed by atoms with Gasteiger partial charge in [0.05, 0.1) is 16.4 Å². The van der Waals surface area contributed by atoms with E-state index in [1.807, 2.05) is 40.1 Å². The number of nitrogens with zero attached hydrogens (tertiary/aromatic N) is 2. The molecule has 2 fully saturated rings. The van der Waals surface area contributed by atoms with Crippen molar-refractivity contribution in [3.63, 3.8) is 0 Å². The standard InChI is InChI=1S/C27H33N3O5S/c1-3-35-26(34)28-21(17-20-7-5-4-6-8-20)24(32)30-16-13-27(18-30)11-14-29(15-12-27)25(33)23-10-9-22(36-23)19(2)31/h4-10,21H,3,11-18H2,1-2H3,(H,28,34). The highest BCUT2D eigenvalue weighted by Gasteiger charge is 2.44. The van der Waals surface area contributed by atoms with Crippen LogP contribution in [0.4, 0.5) is 4.79 Å². The van der Waals surface area contributed by atoms with Gasteiger partial charge in [-0.1, -0.05) is 30.3 Å². The number of alkyl carbamates (subject to hydrolysis) is 1. The summed E-state index contributed by atoms with van der Waals surface area (Å²) in [5.74, 6) is -0.164. The summed E-state index contributed by atoms with van der Waals surface area (Å²) >= 11 is 1.24. The van der Waals surface area contributed by atoms with Crippen molar-refractivity contribution in [1.29, 1.82) is 0 Å². The Kier molecular flexibility index (Phi) is 8.08. The van der Waals surface area contributed by atoms with Crippen molar-refractivity contribution in [2.45, 2.75) is 45.6 Å². The third kappa shape index (κ3) is 5.95. The normalized spacial score (nSPS) is 17.6. The van der Waals surface area contributed by atoms with Crippen molar-refractivity contribution in [3.8, 4) is 0 Å². The van der Waals surface area contributed by atoms with Crippen molar-refractivity contribution in [1.82, 2.24) is 15.1 Å². The van der Waals surface area contributed by atoms with E-state index in [9.17, 15) is 19.2 Å². The summed E-state index contributed by atoms with van der Waals surface area (Å²) in [5.41, 5.74) is 0.947. The van der Waals surface area contributed by atoms with Gasteiger partial charge >= 0.3 is 6.09 Å². The highest BCUT2D eigenvalue weighted by Crippen LogP contribution is 2.41. The summed E-state index contributed by atoms with van der Waals surface area (Å²) in [4.78, 5) is 55.1. The van der Waals surface area contributed by atoms with Crippen LogP contribution in [0.1, 0.15) is 58.0 Å². The quantitative estimate of drug-likeness (QED) is 0.571. The number of rotatable bonds is 7. The van der Waals surface area contributed by atoms with Gasteiger partial charge in [-0.25, -0.2) is 4.79 Å². The maximum Gasteiger partial charge on any atom is 0.407 e. The van der Waals surface area contributed by atoms with Crippen molar-refractivity contribution < 1.29 is 23.9 Å². The summed E-state index contributed by atoms with van der Waals surface area (Å²) in [6.07, 6.45) is 2.33. The topological polar surface area (TPSA) is 96.0 Å². The van der Waals surface area contributed by atoms with Gasteiger partial charge in [-0.3, -0.25) is 14.4 Å². The summed E-state index contributed by atoms with van der Waals surface area (Å²) in [6, 6.07) is 12.4. The van der Waals surface area contributed by atoms with Gasteiger partial charge in [0.25, 0.3) is 5.91 Å². The first-order valence-corrected chi connectivity index (χ1v) is 13.3. The summed E-state index contributed by atoms with van der Waals surface area (Å²) in [5, 5.41) is 2.76. The predicted octanol–water partition coefficient (Wildman–Crippen LogP) is 3.76. The molecule has 0 saturated carbocycles. The van der Waals surface area contributed by atoms with E-state index in [-0.39, 0.29) is 29.6 Å². The fraction of sp³-hybridized carbons (Fsp3) is 0.481. The highest BCUT2D eigenvalue weighted by molar-refractivity contribution is 7.15. The van der Waals surface area contributed by atoms with Gasteiger partial charge in [0.1, 0.15) is 6.04 Å². The number of likely N-dealkylation sites (tertiary alicyclic amines) is 2. The van der Waals surface area contributed by atoms with Gasteiger partial charge in [-0.15, -0.1) is 11.3 Å². The van der Waals surface area contributed by atoms with Gasteiger partial charge in [-0.05, 0) is 56.2 Å². The Morgan fingerprint density at radius 1 is 0.972 bits per heavy atom. The van der Waals surface area contributed by atoms with E-state index in [0.29, 0.717) is 42.4 Å². The largest absolute Gasteiger partial charge is 0.450 e. The molecular formula is C27H33N3O5S. The SMILES string of the molecule is CCOC(=O)NC(Cc1ccccc1)C(=O)N1CCC2(CCN(C(=O)c3ccc(C(C)=O)s3)CC2)C1. The van der Waals surface area contributed by atoms with Crippen LogP contribution in [-0.4, -0.2) is 72.3 Å². The first-order chi connectivity index (χ1) is 17.3. The van der Waals surface area contributed by atoms with Crippen LogP contribution in [0.25, 0.3) is 0 Å². The third-order valence-electron chi connectivity index (χ3n) is 7.17. The minimum absolute atomic E-state index is 0.0202. The molecule has 1 aromatic carbocycles. The summed E-state index contributed by atoms with van der Waals surface area (Å²) in [6.45, 7) is 5.99. The molecule has 8 nitrogen and oxygen atoms in total. The molecule has 1 aromatic heterocycles. The number of amides is 3. The first kappa shape index (κ1) is 25.9. The molecule has 3 amide bonds. The number of benzene rings is 1. The number of ether oxygens (including phenoxy) is 1. The van der Waals surface area contributed by atoms with Gasteiger partial charge < -0.3 is 19.9 Å². The zero-order valence-corrected chi connectivity index (χ0v) is 21.6. The van der Waals surface area contributed by atoms with E-state index >= 15 is 0 Å². The molecule has 2 aromatic rings. The van der Waals surface area contributed by atoms with E-state index < -0.39 is 12.1 Å². The predicted molar refractivity (Wildman–Crippen MR) is 137 cm³/mol. The van der Waals surface area contributed by atoms with Crippen molar-refractivity contribution in [3.05, 3.63) is 57.8 Å². The maximum atomic E-state index is 13.5. The molecule has 4 rings (SSSR count). The second kappa shape index (κ2) is 11.2. The Labute approximate surface area is 215 Å². The monoisotopic (exact) mass is 511 g/mol. The molecule has 1 N–H and O–H groups in total. The molecule has 0 radical (unpaired) electrons. The number of thiophene rings is 1. The molecule has 3 heterocycles. The van der Waals surface area contributed by atoms with E-state index in [4.69, 9.17) is 4.74 Å². The fourth-order valence-electron chi connectivity index (χ4n) is 5.10. The Morgan fingerprint density at radius 2 is 1.61 bits per heavy atom. The number of ketones is 1. The number of carbonyl (C=O) groups excluding carboxylic acids is 4. The van der Waals surface area contributed by atoms with Crippen molar-refractivity contribution in [2.75, 3.05) is 32.8 Å². The van der Waals surface area contributed by atoms with Crippen molar-refractivity contribution in [2.24, 2.45) is 5.41 Å². The van der Waals surface area contributed by atoms with Crippen LogP contribution in [0.3, 0.4) is 0 Å². The van der Waals surface area contributed by atoms with Crippen LogP contribution in [0.2, 0.25) is 0 Å². The number of nitrogens with one attached hydrogen (secondary N) is 1. The van der Waals surface area contributed by atoms with E-state index in [1.54, 1.807) is 19.1 Å². The van der Waals surface area contributed by atoms with E-state index in [2.05, 4.69) is 5.32 Å². The second-order valence-electron chi connectivity index (χ2n) is 9.63. The Hall–Kier alpha value is -3.20. The Balaban J connectivity index is 1.37. The molecule has 1 unspecified atom stereocenters. The molecular weight excluding hydrogens is 478 g/mol. The molecule has 2 saturated heterocycles. The molecule has 192 valence electrons. The van der Waals surface area contributed by atoms with Crippen LogP contribution in [0.5, 0.6) is 0 Å². The number of carbonyl (C=O) groups is 4. The lowest BCUT2D eigenvalue weighted by molar-refractivity contribution is -0.132. The number of piperidine rings is 1. The molecule has 2 aliphatic rings. The van der Waals surface area contributed by atoms with Gasteiger partial charge in [0.2, 0.25) is 5.91 Å². The van der Waals surface area contributed by atoms with Gasteiger partial charge in [0, 0.05) is 32.6 Å². The first-order valence-electron chi connectivity index (χ1n) is 12.5. The maximum absolute atomic E-state index is 13.5. The number of Topliss-reactive ketones (excluding diaryl/α,β-unsaturated/α-hetero) is 1. The zero-order chi connectivity index (χ0) is 25.7. The van der Waals surface area contributed by atoms with Crippen molar-refractivity contribution >= 4 is 35.0 Å². The molecule has 1 atom stereocenters. The van der Waals surface area contributed by atoms with Crippen LogP contribution in [0.15, 0.2) is 42.5 Å². The van der Waals surface area contributed by atoms with E-state index in [0.717, 1.165) is 24.8 Å². The smallest absolute Gasteiger partial charge is 0.407 e. The molecule has 0 aliphatic carbocycles. The molecule has 9 heteroatoms. The van der Waals surface area contributed by atoms with Gasteiger partial charge in [-0.2, -0.15) is 0 Å². The molecule has 0 bridgehead atoms. The number of hydrogen-bond donors (Lipinski definition) is 1. The average molecular weight is 512 g/mol. The van der Waals surface area contributed by atoms with Crippen LogP contribution >= 0.6 is 11.3 Å². The molecule has 36 heavy (non-hydrogen) atoms. The Morgan fingerprint density at radius 3 is 2.22 bits per heavy atom. The van der Waals surface area contributed by atoms with Crippen LogP contribution in [-0.2, 0) is 16.0 Å². The summed E-state index contributed by atoms with van der Waals surface area (Å²) < 4.78 is 5.04. The average Bonchev–Trinajstić information content (AvgIpc) is 3.53.